The molecule has 0 radical (unpaired) electrons. The molecule has 0 aromatic carbocycles. The van der Waals surface area contributed by atoms with Crippen molar-refractivity contribution >= 4 is 5.91 Å². The zero-order valence-electron chi connectivity index (χ0n) is 9.06. The molecule has 84 valence electrons. The molecule has 2 rings (SSSR count). The number of nitriles is 1. The van der Waals surface area contributed by atoms with E-state index in [-0.39, 0.29) is 23.6 Å². The smallest absolute Gasteiger partial charge is 0.273 e. The van der Waals surface area contributed by atoms with Crippen molar-refractivity contribution in [3.63, 3.8) is 0 Å². The molecule has 5 nitrogen and oxygen atoms in total. The van der Waals surface area contributed by atoms with Gasteiger partial charge >= 0.3 is 0 Å². The number of hydrogen-bond donors (Lipinski definition) is 1. The Morgan fingerprint density at radius 2 is 2.50 bits per heavy atom. The van der Waals surface area contributed by atoms with E-state index in [9.17, 15) is 4.79 Å². The first-order chi connectivity index (χ1) is 7.70. The van der Waals surface area contributed by atoms with Gasteiger partial charge in [-0.2, -0.15) is 5.26 Å². The molecule has 1 N–H and O–H groups in total. The van der Waals surface area contributed by atoms with Gasteiger partial charge in [-0.3, -0.25) is 4.79 Å². The second kappa shape index (κ2) is 4.35. The number of nitrogens with one attached hydrogen (secondary N) is 1. The average molecular weight is 219 g/mol. The third kappa shape index (κ3) is 2.06. The van der Waals surface area contributed by atoms with Crippen LogP contribution in [0.4, 0.5) is 0 Å². The van der Waals surface area contributed by atoms with Crippen LogP contribution in [0.2, 0.25) is 0 Å². The highest BCUT2D eigenvalue weighted by Crippen LogP contribution is 2.25. The topological polar surface area (TPSA) is 78.9 Å². The van der Waals surface area contributed by atoms with Crippen LogP contribution in [0.15, 0.2) is 10.6 Å². The van der Waals surface area contributed by atoms with Gasteiger partial charge in [0.05, 0.1) is 12.0 Å². The number of nitrogens with zero attached hydrogens (tertiary/aromatic N) is 2. The van der Waals surface area contributed by atoms with Crippen LogP contribution in [0.5, 0.6) is 0 Å². The summed E-state index contributed by atoms with van der Waals surface area (Å²) >= 11 is 0. The molecule has 2 atom stereocenters. The van der Waals surface area contributed by atoms with Crippen LogP contribution in [0.3, 0.4) is 0 Å². The molecule has 0 spiro atoms. The Kier molecular flexibility index (Phi) is 2.91. The van der Waals surface area contributed by atoms with Gasteiger partial charge in [-0.15, -0.1) is 0 Å². The average Bonchev–Trinajstić information content (AvgIpc) is 2.86. The monoisotopic (exact) mass is 219 g/mol. The molecule has 1 aromatic heterocycles. The maximum Gasteiger partial charge on any atom is 0.273 e. The Bertz CT molecular complexity index is 433. The fraction of sp³-hybridized carbons (Fsp3) is 0.545. The van der Waals surface area contributed by atoms with Gasteiger partial charge in [-0.05, 0) is 26.2 Å². The van der Waals surface area contributed by atoms with Gasteiger partial charge < -0.3 is 9.84 Å². The maximum atomic E-state index is 11.7. The van der Waals surface area contributed by atoms with E-state index in [1.807, 2.05) is 0 Å². The zero-order valence-corrected chi connectivity index (χ0v) is 9.06. The van der Waals surface area contributed by atoms with Crippen molar-refractivity contribution in [2.24, 2.45) is 5.92 Å². The predicted octanol–water partition coefficient (Wildman–Crippen LogP) is 1.41. The number of hydrogen-bond acceptors (Lipinski definition) is 4. The molecule has 0 bridgehead atoms. The van der Waals surface area contributed by atoms with Crippen LogP contribution >= 0.6 is 0 Å². The highest BCUT2D eigenvalue weighted by molar-refractivity contribution is 5.92. The third-order valence-corrected chi connectivity index (χ3v) is 2.86. The van der Waals surface area contributed by atoms with Gasteiger partial charge in [0.1, 0.15) is 5.76 Å². The number of carbonyl (C=O) groups is 1. The minimum atomic E-state index is -0.260. The van der Waals surface area contributed by atoms with Crippen LogP contribution in [-0.4, -0.2) is 17.1 Å². The van der Waals surface area contributed by atoms with Gasteiger partial charge in [0.25, 0.3) is 5.91 Å². The minimum Gasteiger partial charge on any atom is -0.361 e. The van der Waals surface area contributed by atoms with E-state index in [0.29, 0.717) is 5.76 Å². The normalized spacial score (nSPS) is 24.0. The van der Waals surface area contributed by atoms with Crippen molar-refractivity contribution in [1.29, 1.82) is 5.26 Å². The van der Waals surface area contributed by atoms with Crippen molar-refractivity contribution in [3.05, 3.63) is 17.5 Å². The third-order valence-electron chi connectivity index (χ3n) is 2.86. The van der Waals surface area contributed by atoms with Crippen LogP contribution in [0, 0.1) is 24.2 Å². The summed E-state index contributed by atoms with van der Waals surface area (Å²) in [6.07, 6.45) is 2.71. The maximum absolute atomic E-state index is 11.7. The molecule has 1 aliphatic carbocycles. The number of rotatable bonds is 2. The Morgan fingerprint density at radius 3 is 3.12 bits per heavy atom. The van der Waals surface area contributed by atoms with Gasteiger partial charge in [0.2, 0.25) is 0 Å². The van der Waals surface area contributed by atoms with Crippen molar-refractivity contribution in [2.45, 2.75) is 32.2 Å². The van der Waals surface area contributed by atoms with Gasteiger partial charge in [0.15, 0.2) is 5.69 Å². The summed E-state index contributed by atoms with van der Waals surface area (Å²) in [5, 5.41) is 15.4. The lowest BCUT2D eigenvalue weighted by Crippen LogP contribution is -2.37. The first-order valence-corrected chi connectivity index (χ1v) is 5.34. The Hall–Kier alpha value is -1.83. The molecule has 16 heavy (non-hydrogen) atoms. The first kappa shape index (κ1) is 10.7. The lowest BCUT2D eigenvalue weighted by Gasteiger charge is -2.13. The molecule has 1 heterocycles. The van der Waals surface area contributed by atoms with E-state index in [2.05, 4.69) is 16.5 Å². The van der Waals surface area contributed by atoms with Crippen molar-refractivity contribution < 1.29 is 9.32 Å². The molecule has 1 amide bonds. The Labute approximate surface area is 93.4 Å². The summed E-state index contributed by atoms with van der Waals surface area (Å²) in [7, 11) is 0. The highest BCUT2D eigenvalue weighted by Gasteiger charge is 2.29. The molecule has 0 aliphatic heterocycles. The quantitative estimate of drug-likeness (QED) is 0.815. The molecule has 5 heteroatoms. The highest BCUT2D eigenvalue weighted by atomic mass is 16.5. The van der Waals surface area contributed by atoms with Crippen molar-refractivity contribution in [2.75, 3.05) is 0 Å². The van der Waals surface area contributed by atoms with Crippen LogP contribution in [0.1, 0.15) is 35.5 Å². The summed E-state index contributed by atoms with van der Waals surface area (Å²) in [6.45, 7) is 1.73. The lowest BCUT2D eigenvalue weighted by molar-refractivity contribution is 0.0923. The Morgan fingerprint density at radius 1 is 1.69 bits per heavy atom. The second-order valence-electron chi connectivity index (χ2n) is 4.07. The van der Waals surface area contributed by atoms with E-state index in [4.69, 9.17) is 9.78 Å². The van der Waals surface area contributed by atoms with E-state index >= 15 is 0 Å². The number of aromatic nitrogens is 1. The molecule has 0 saturated heterocycles. The molecule has 2 unspecified atom stereocenters. The van der Waals surface area contributed by atoms with Crippen LogP contribution < -0.4 is 5.32 Å². The van der Waals surface area contributed by atoms with Crippen molar-refractivity contribution in [3.8, 4) is 6.07 Å². The molecular weight excluding hydrogens is 206 g/mol. The molecule has 1 fully saturated rings. The molecule has 1 aromatic rings. The second-order valence-corrected chi connectivity index (χ2v) is 4.07. The molecule has 1 aliphatic rings. The van der Waals surface area contributed by atoms with E-state index in [0.717, 1.165) is 19.3 Å². The van der Waals surface area contributed by atoms with Gasteiger partial charge in [0, 0.05) is 12.1 Å². The molecule has 1 saturated carbocycles. The summed E-state index contributed by atoms with van der Waals surface area (Å²) in [5.41, 5.74) is 0.279. The zero-order chi connectivity index (χ0) is 11.5. The number of carbonyl (C=O) groups excluding carboxylic acids is 1. The predicted molar refractivity (Wildman–Crippen MR) is 55.4 cm³/mol. The fourth-order valence-corrected chi connectivity index (χ4v) is 2.00. The SMILES string of the molecule is Cc1cc(C(=O)NC2CCCC2C#N)no1. The number of amides is 1. The summed E-state index contributed by atoms with van der Waals surface area (Å²) in [5.74, 6) is 0.273. The first-order valence-electron chi connectivity index (χ1n) is 5.34. The van der Waals surface area contributed by atoms with Gasteiger partial charge in [-0.1, -0.05) is 5.16 Å². The summed E-state index contributed by atoms with van der Waals surface area (Å²) in [6, 6.07) is 3.76. The number of aryl methyl sites for hydroxylation is 1. The van der Waals surface area contributed by atoms with E-state index in [1.165, 1.54) is 0 Å². The summed E-state index contributed by atoms with van der Waals surface area (Å²) in [4.78, 5) is 11.7. The van der Waals surface area contributed by atoms with Crippen LogP contribution in [0.25, 0.3) is 0 Å². The largest absolute Gasteiger partial charge is 0.361 e. The Balaban J connectivity index is 2.00. The van der Waals surface area contributed by atoms with E-state index < -0.39 is 0 Å². The van der Waals surface area contributed by atoms with Crippen molar-refractivity contribution in [1.82, 2.24) is 10.5 Å². The minimum absolute atomic E-state index is 0.0468. The van der Waals surface area contributed by atoms with E-state index in [1.54, 1.807) is 13.0 Å². The standard InChI is InChI=1S/C11H13N3O2/c1-7-5-10(14-16-7)11(15)13-9-4-2-3-8(9)6-12/h5,8-9H,2-4H2,1H3,(H,13,15). The molecular formula is C11H13N3O2. The lowest BCUT2D eigenvalue weighted by atomic mass is 10.1. The van der Waals surface area contributed by atoms with Crippen LogP contribution in [-0.2, 0) is 0 Å². The fourth-order valence-electron chi connectivity index (χ4n) is 2.00. The van der Waals surface area contributed by atoms with Gasteiger partial charge in [-0.25, -0.2) is 0 Å². The summed E-state index contributed by atoms with van der Waals surface area (Å²) < 4.78 is 4.83.